The van der Waals surface area contributed by atoms with Gasteiger partial charge in [-0.1, -0.05) is 23.4 Å². The van der Waals surface area contributed by atoms with E-state index >= 15 is 0 Å². The molecule has 0 fully saturated rings. The molecule has 0 bridgehead atoms. The van der Waals surface area contributed by atoms with Gasteiger partial charge in [0.2, 0.25) is 0 Å². The molecule has 0 aliphatic heterocycles. The predicted octanol–water partition coefficient (Wildman–Crippen LogP) is 2.53. The second kappa shape index (κ2) is 5.88. The fraction of sp³-hybridized carbons (Fsp3) is 0.385. The molecule has 0 aliphatic carbocycles. The maximum absolute atomic E-state index is 12.3. The number of benzene rings is 1. The molecular weight excluding hydrogens is 250 g/mol. The van der Waals surface area contributed by atoms with Crippen LogP contribution in [0.2, 0.25) is 0 Å². The normalized spacial score (nSPS) is 13.2. The van der Waals surface area contributed by atoms with Gasteiger partial charge in [-0.2, -0.15) is 0 Å². The molecule has 0 spiro atoms. The number of alkyl halides is 2. The summed E-state index contributed by atoms with van der Waals surface area (Å²) in [5.74, 6) is 0. The Balaban J connectivity index is 2.13. The summed E-state index contributed by atoms with van der Waals surface area (Å²) in [7, 11) is 1.65. The minimum Gasteiger partial charge on any atom is -0.292 e. The van der Waals surface area contributed by atoms with E-state index in [9.17, 15) is 8.78 Å². The van der Waals surface area contributed by atoms with Crippen molar-refractivity contribution in [2.75, 3.05) is 13.6 Å². The topological polar surface area (TPSA) is 34.0 Å². The Bertz CT molecular complexity index is 512. The van der Waals surface area contributed by atoms with Gasteiger partial charge in [-0.25, -0.2) is 13.5 Å². The Morgan fingerprint density at radius 3 is 2.58 bits per heavy atom. The van der Waals surface area contributed by atoms with E-state index in [2.05, 4.69) is 10.3 Å². The molecule has 102 valence electrons. The molecule has 1 atom stereocenters. The third kappa shape index (κ3) is 3.35. The fourth-order valence-corrected chi connectivity index (χ4v) is 1.78. The first kappa shape index (κ1) is 13.6. The summed E-state index contributed by atoms with van der Waals surface area (Å²) in [4.78, 5) is 1.56. The minimum atomic E-state index is -2.35. The van der Waals surface area contributed by atoms with Crippen LogP contribution in [-0.2, 0) is 0 Å². The van der Waals surface area contributed by atoms with Gasteiger partial charge in [0, 0.05) is 0 Å². The Kier molecular flexibility index (Phi) is 4.21. The van der Waals surface area contributed by atoms with Crippen LogP contribution in [0.5, 0.6) is 0 Å². The van der Waals surface area contributed by atoms with E-state index in [1.165, 1.54) is 0 Å². The Morgan fingerprint density at radius 2 is 1.95 bits per heavy atom. The molecule has 19 heavy (non-hydrogen) atoms. The molecule has 2 rings (SSSR count). The molecule has 1 heterocycles. The molecule has 0 aliphatic rings. The van der Waals surface area contributed by atoms with Gasteiger partial charge >= 0.3 is 0 Å². The largest absolute Gasteiger partial charge is 0.292 e. The van der Waals surface area contributed by atoms with Gasteiger partial charge in [-0.15, -0.1) is 5.10 Å². The van der Waals surface area contributed by atoms with Crippen molar-refractivity contribution >= 4 is 0 Å². The average Bonchev–Trinajstić information content (AvgIpc) is 2.87. The highest BCUT2D eigenvalue weighted by Crippen LogP contribution is 2.18. The first-order valence-electron chi connectivity index (χ1n) is 6.04. The number of hydrogen-bond acceptors (Lipinski definition) is 3. The van der Waals surface area contributed by atoms with Crippen LogP contribution in [0.25, 0.3) is 5.69 Å². The van der Waals surface area contributed by atoms with Crippen molar-refractivity contribution in [3.63, 3.8) is 0 Å². The second-order valence-corrected chi connectivity index (χ2v) is 4.43. The van der Waals surface area contributed by atoms with Gasteiger partial charge in [-0.05, 0) is 26.1 Å². The van der Waals surface area contributed by atoms with E-state index in [0.29, 0.717) is 5.69 Å². The van der Waals surface area contributed by atoms with Gasteiger partial charge in [0.25, 0.3) is 6.43 Å². The van der Waals surface area contributed by atoms with Crippen molar-refractivity contribution in [3.05, 3.63) is 42.2 Å². The lowest BCUT2D eigenvalue weighted by Gasteiger charge is -2.21. The Hall–Kier alpha value is -1.82. The highest BCUT2D eigenvalue weighted by atomic mass is 19.3. The van der Waals surface area contributed by atoms with E-state index in [4.69, 9.17) is 0 Å². The van der Waals surface area contributed by atoms with Crippen LogP contribution in [0.15, 0.2) is 36.5 Å². The SMILES string of the molecule is C[C@H](c1cn(-c2ccccc2)nn1)N(C)CC(F)F. The van der Waals surface area contributed by atoms with Gasteiger partial charge in [0.15, 0.2) is 0 Å². The summed E-state index contributed by atoms with van der Waals surface area (Å²) in [6, 6.07) is 9.34. The van der Waals surface area contributed by atoms with E-state index in [0.717, 1.165) is 5.69 Å². The number of para-hydroxylation sites is 1. The second-order valence-electron chi connectivity index (χ2n) is 4.43. The summed E-state index contributed by atoms with van der Waals surface area (Å²) in [6.07, 6.45) is -0.585. The lowest BCUT2D eigenvalue weighted by molar-refractivity contribution is 0.0834. The highest BCUT2D eigenvalue weighted by molar-refractivity contribution is 5.30. The van der Waals surface area contributed by atoms with E-state index in [1.54, 1.807) is 22.8 Å². The molecule has 1 aromatic carbocycles. The van der Waals surface area contributed by atoms with Crippen LogP contribution in [-0.4, -0.2) is 39.9 Å². The summed E-state index contributed by atoms with van der Waals surface area (Å²) >= 11 is 0. The van der Waals surface area contributed by atoms with Crippen LogP contribution < -0.4 is 0 Å². The van der Waals surface area contributed by atoms with Gasteiger partial charge in [0.05, 0.1) is 30.2 Å². The van der Waals surface area contributed by atoms with Crippen LogP contribution in [0.3, 0.4) is 0 Å². The Morgan fingerprint density at radius 1 is 1.26 bits per heavy atom. The summed E-state index contributed by atoms with van der Waals surface area (Å²) < 4.78 is 26.3. The highest BCUT2D eigenvalue weighted by Gasteiger charge is 2.18. The molecule has 0 saturated carbocycles. The molecule has 0 N–H and O–H groups in total. The summed E-state index contributed by atoms with van der Waals surface area (Å²) in [5, 5.41) is 8.07. The minimum absolute atomic E-state index is 0.202. The lowest BCUT2D eigenvalue weighted by Crippen LogP contribution is -2.27. The smallest absolute Gasteiger partial charge is 0.251 e. The molecular formula is C13H16F2N4. The first-order valence-corrected chi connectivity index (χ1v) is 6.04. The monoisotopic (exact) mass is 266 g/mol. The van der Waals surface area contributed by atoms with E-state index < -0.39 is 6.43 Å². The molecule has 0 radical (unpaired) electrons. The molecule has 1 aromatic heterocycles. The van der Waals surface area contributed by atoms with Crippen LogP contribution >= 0.6 is 0 Å². The van der Waals surface area contributed by atoms with E-state index in [1.807, 2.05) is 37.3 Å². The number of nitrogens with zero attached hydrogens (tertiary/aromatic N) is 4. The zero-order valence-corrected chi connectivity index (χ0v) is 10.9. The van der Waals surface area contributed by atoms with Crippen LogP contribution in [0.4, 0.5) is 8.78 Å². The van der Waals surface area contributed by atoms with E-state index in [-0.39, 0.29) is 12.6 Å². The van der Waals surface area contributed by atoms with Crippen molar-refractivity contribution in [2.24, 2.45) is 0 Å². The van der Waals surface area contributed by atoms with Crippen molar-refractivity contribution in [1.29, 1.82) is 0 Å². The Labute approximate surface area is 110 Å². The lowest BCUT2D eigenvalue weighted by atomic mass is 10.2. The van der Waals surface area contributed by atoms with Crippen molar-refractivity contribution in [3.8, 4) is 5.69 Å². The van der Waals surface area contributed by atoms with Gasteiger partial charge in [0.1, 0.15) is 0 Å². The molecule has 4 nitrogen and oxygen atoms in total. The average molecular weight is 266 g/mol. The molecule has 0 unspecified atom stereocenters. The van der Waals surface area contributed by atoms with Gasteiger partial charge in [-0.3, -0.25) is 4.90 Å². The van der Waals surface area contributed by atoms with Crippen molar-refractivity contribution in [2.45, 2.75) is 19.4 Å². The third-order valence-electron chi connectivity index (χ3n) is 3.05. The van der Waals surface area contributed by atoms with Crippen molar-refractivity contribution < 1.29 is 8.78 Å². The fourth-order valence-electron chi connectivity index (χ4n) is 1.78. The number of aromatic nitrogens is 3. The standard InChI is InChI=1S/C13H16F2N4/c1-10(18(2)9-13(14)15)12-8-19(17-16-12)11-6-4-3-5-7-11/h3-8,10,13H,9H2,1-2H3/t10-/m1/s1. The molecule has 2 aromatic rings. The summed E-state index contributed by atoms with van der Waals surface area (Å²) in [5.41, 5.74) is 1.57. The zero-order valence-electron chi connectivity index (χ0n) is 10.9. The van der Waals surface area contributed by atoms with Crippen LogP contribution in [0.1, 0.15) is 18.7 Å². The van der Waals surface area contributed by atoms with Crippen molar-refractivity contribution in [1.82, 2.24) is 19.9 Å². The molecule has 0 saturated heterocycles. The maximum atomic E-state index is 12.3. The number of hydrogen-bond donors (Lipinski definition) is 0. The van der Waals surface area contributed by atoms with Crippen LogP contribution in [0, 0.1) is 0 Å². The first-order chi connectivity index (χ1) is 9.08. The third-order valence-corrected chi connectivity index (χ3v) is 3.05. The quantitative estimate of drug-likeness (QED) is 0.834. The molecule has 0 amide bonds. The maximum Gasteiger partial charge on any atom is 0.251 e. The predicted molar refractivity (Wildman–Crippen MR) is 68.4 cm³/mol. The number of halogens is 2. The summed E-state index contributed by atoms with van der Waals surface area (Å²) in [6.45, 7) is 1.56. The molecule has 6 heteroatoms. The zero-order chi connectivity index (χ0) is 13.8. The number of rotatable bonds is 5. The van der Waals surface area contributed by atoms with Gasteiger partial charge < -0.3 is 0 Å².